The molecule has 0 atom stereocenters. The summed E-state index contributed by atoms with van der Waals surface area (Å²) in [5.41, 5.74) is 2.10. The SMILES string of the molecule is Cc1ccc(OCCNC(=O)CNC(=O)c2cccc([N+](=O)[O-])c2)c(C)c1. The van der Waals surface area contributed by atoms with Crippen molar-refractivity contribution >= 4 is 17.5 Å². The molecule has 0 heterocycles. The van der Waals surface area contributed by atoms with E-state index in [0.29, 0.717) is 13.2 Å². The van der Waals surface area contributed by atoms with Gasteiger partial charge in [-0.25, -0.2) is 0 Å². The third-order valence-electron chi connectivity index (χ3n) is 3.74. The van der Waals surface area contributed by atoms with Gasteiger partial charge in [-0.3, -0.25) is 19.7 Å². The van der Waals surface area contributed by atoms with E-state index in [1.165, 1.54) is 18.2 Å². The molecule has 0 unspecified atom stereocenters. The molecule has 2 rings (SSSR count). The maximum Gasteiger partial charge on any atom is 0.270 e. The zero-order chi connectivity index (χ0) is 19.8. The van der Waals surface area contributed by atoms with E-state index in [1.54, 1.807) is 0 Å². The Hall–Kier alpha value is -3.42. The van der Waals surface area contributed by atoms with Gasteiger partial charge in [0.2, 0.25) is 5.91 Å². The molecular weight excluding hydrogens is 350 g/mol. The van der Waals surface area contributed by atoms with Gasteiger partial charge in [0.15, 0.2) is 0 Å². The predicted molar refractivity (Wildman–Crippen MR) is 99.9 cm³/mol. The summed E-state index contributed by atoms with van der Waals surface area (Å²) in [4.78, 5) is 33.9. The molecule has 0 bridgehead atoms. The molecule has 0 spiro atoms. The summed E-state index contributed by atoms with van der Waals surface area (Å²) in [6, 6.07) is 11.1. The Balaban J connectivity index is 1.72. The first-order valence-electron chi connectivity index (χ1n) is 8.36. The van der Waals surface area contributed by atoms with Crippen molar-refractivity contribution in [1.29, 1.82) is 0 Å². The summed E-state index contributed by atoms with van der Waals surface area (Å²) in [6.45, 7) is 4.31. The molecule has 0 saturated heterocycles. The number of nitro benzene ring substituents is 1. The second kappa shape index (κ2) is 9.33. The average molecular weight is 371 g/mol. The van der Waals surface area contributed by atoms with E-state index in [4.69, 9.17) is 4.74 Å². The van der Waals surface area contributed by atoms with Gasteiger partial charge in [-0.2, -0.15) is 0 Å². The molecule has 27 heavy (non-hydrogen) atoms. The molecule has 142 valence electrons. The van der Waals surface area contributed by atoms with Crippen molar-refractivity contribution in [1.82, 2.24) is 10.6 Å². The third kappa shape index (κ3) is 6.10. The van der Waals surface area contributed by atoms with Crippen LogP contribution >= 0.6 is 0 Å². The number of benzene rings is 2. The maximum absolute atomic E-state index is 12.0. The number of ether oxygens (including phenoxy) is 1. The number of hydrogen-bond donors (Lipinski definition) is 2. The highest BCUT2D eigenvalue weighted by Crippen LogP contribution is 2.18. The van der Waals surface area contributed by atoms with E-state index in [-0.39, 0.29) is 23.7 Å². The van der Waals surface area contributed by atoms with Crippen molar-refractivity contribution < 1.29 is 19.2 Å². The topological polar surface area (TPSA) is 111 Å². The van der Waals surface area contributed by atoms with Gasteiger partial charge in [0, 0.05) is 17.7 Å². The second-order valence-electron chi connectivity index (χ2n) is 5.96. The van der Waals surface area contributed by atoms with Gasteiger partial charge in [0.05, 0.1) is 18.0 Å². The molecule has 0 radical (unpaired) electrons. The Bertz CT molecular complexity index is 851. The van der Waals surface area contributed by atoms with Gasteiger partial charge >= 0.3 is 0 Å². The lowest BCUT2D eigenvalue weighted by molar-refractivity contribution is -0.384. The van der Waals surface area contributed by atoms with Gasteiger partial charge < -0.3 is 15.4 Å². The van der Waals surface area contributed by atoms with Crippen LogP contribution in [0.3, 0.4) is 0 Å². The van der Waals surface area contributed by atoms with Crippen LogP contribution in [0.25, 0.3) is 0 Å². The first-order chi connectivity index (χ1) is 12.9. The standard InChI is InChI=1S/C19H21N3O5/c1-13-6-7-17(14(2)10-13)27-9-8-20-18(23)12-21-19(24)15-4-3-5-16(11-15)22(25)26/h3-7,10-11H,8-9,12H2,1-2H3,(H,20,23)(H,21,24). The fourth-order valence-corrected chi connectivity index (χ4v) is 2.40. The van der Waals surface area contributed by atoms with Crippen LogP contribution in [0.5, 0.6) is 5.75 Å². The van der Waals surface area contributed by atoms with Gasteiger partial charge in [0.25, 0.3) is 11.6 Å². The predicted octanol–water partition coefficient (Wildman–Crippen LogP) is 2.14. The van der Waals surface area contributed by atoms with Crippen molar-refractivity contribution in [2.45, 2.75) is 13.8 Å². The molecule has 0 saturated carbocycles. The normalized spacial score (nSPS) is 10.1. The lowest BCUT2D eigenvalue weighted by Crippen LogP contribution is -2.38. The molecule has 8 nitrogen and oxygen atoms in total. The quantitative estimate of drug-likeness (QED) is 0.420. The summed E-state index contributed by atoms with van der Waals surface area (Å²) >= 11 is 0. The largest absolute Gasteiger partial charge is 0.491 e. The number of nitrogens with one attached hydrogen (secondary N) is 2. The molecule has 0 fully saturated rings. The number of non-ortho nitro benzene ring substituents is 1. The highest BCUT2D eigenvalue weighted by Gasteiger charge is 2.12. The van der Waals surface area contributed by atoms with Crippen molar-refractivity contribution in [3.05, 3.63) is 69.3 Å². The van der Waals surface area contributed by atoms with Crippen LogP contribution in [0, 0.1) is 24.0 Å². The molecule has 0 aliphatic heterocycles. The van der Waals surface area contributed by atoms with Crippen molar-refractivity contribution in [2.75, 3.05) is 19.7 Å². The van der Waals surface area contributed by atoms with E-state index in [1.807, 2.05) is 32.0 Å². The molecule has 0 aliphatic rings. The number of carbonyl (C=O) groups excluding carboxylic acids is 2. The minimum atomic E-state index is -0.584. The molecule has 0 aliphatic carbocycles. The third-order valence-corrected chi connectivity index (χ3v) is 3.74. The summed E-state index contributed by atoms with van der Waals surface area (Å²) in [6.07, 6.45) is 0. The second-order valence-corrected chi connectivity index (χ2v) is 5.96. The first-order valence-corrected chi connectivity index (χ1v) is 8.36. The van der Waals surface area contributed by atoms with Crippen molar-refractivity contribution in [3.63, 3.8) is 0 Å². The van der Waals surface area contributed by atoms with Crippen LogP contribution in [-0.4, -0.2) is 36.4 Å². The van der Waals surface area contributed by atoms with Crippen LogP contribution in [0.4, 0.5) is 5.69 Å². The molecule has 2 amide bonds. The monoisotopic (exact) mass is 371 g/mol. The fraction of sp³-hybridized carbons (Fsp3) is 0.263. The van der Waals surface area contributed by atoms with Gasteiger partial charge in [0.1, 0.15) is 12.4 Å². The highest BCUT2D eigenvalue weighted by molar-refractivity contribution is 5.96. The number of nitro groups is 1. The minimum absolute atomic E-state index is 0.121. The van der Waals surface area contributed by atoms with Gasteiger partial charge in [-0.15, -0.1) is 0 Å². The number of hydrogen-bond acceptors (Lipinski definition) is 5. The zero-order valence-electron chi connectivity index (χ0n) is 15.2. The molecule has 8 heteroatoms. The zero-order valence-corrected chi connectivity index (χ0v) is 15.2. The Morgan fingerprint density at radius 1 is 1.11 bits per heavy atom. The minimum Gasteiger partial charge on any atom is -0.491 e. The molecule has 2 aromatic carbocycles. The highest BCUT2D eigenvalue weighted by atomic mass is 16.6. The number of aryl methyl sites for hydroxylation is 2. The smallest absolute Gasteiger partial charge is 0.270 e. The summed E-state index contributed by atoms with van der Waals surface area (Å²) < 4.78 is 5.61. The summed E-state index contributed by atoms with van der Waals surface area (Å²) in [7, 11) is 0. The van der Waals surface area contributed by atoms with E-state index in [9.17, 15) is 19.7 Å². The van der Waals surface area contributed by atoms with Crippen LogP contribution < -0.4 is 15.4 Å². The molecule has 0 aromatic heterocycles. The van der Waals surface area contributed by atoms with Crippen LogP contribution in [-0.2, 0) is 4.79 Å². The summed E-state index contributed by atoms with van der Waals surface area (Å²) in [5, 5.41) is 15.8. The van der Waals surface area contributed by atoms with Crippen LogP contribution in [0.15, 0.2) is 42.5 Å². The Labute approximate surface area is 156 Å². The van der Waals surface area contributed by atoms with Crippen LogP contribution in [0.1, 0.15) is 21.5 Å². The fourth-order valence-electron chi connectivity index (χ4n) is 2.40. The van der Waals surface area contributed by atoms with Crippen molar-refractivity contribution in [3.8, 4) is 5.75 Å². The number of rotatable bonds is 8. The summed E-state index contributed by atoms with van der Waals surface area (Å²) in [5.74, 6) is -0.174. The first kappa shape index (κ1) is 19.9. The lowest BCUT2D eigenvalue weighted by atomic mass is 10.1. The van der Waals surface area contributed by atoms with E-state index < -0.39 is 10.8 Å². The van der Waals surface area contributed by atoms with Gasteiger partial charge in [-0.1, -0.05) is 23.8 Å². The number of amides is 2. The van der Waals surface area contributed by atoms with E-state index in [0.717, 1.165) is 22.9 Å². The number of nitrogens with zero attached hydrogens (tertiary/aromatic N) is 1. The Morgan fingerprint density at radius 3 is 2.59 bits per heavy atom. The Morgan fingerprint density at radius 2 is 1.89 bits per heavy atom. The molecule has 2 aromatic rings. The maximum atomic E-state index is 12.0. The number of carbonyl (C=O) groups is 2. The van der Waals surface area contributed by atoms with E-state index in [2.05, 4.69) is 10.6 Å². The van der Waals surface area contributed by atoms with Crippen molar-refractivity contribution in [2.24, 2.45) is 0 Å². The van der Waals surface area contributed by atoms with Crippen LogP contribution in [0.2, 0.25) is 0 Å². The molecular formula is C19H21N3O5. The molecule has 2 N–H and O–H groups in total. The average Bonchev–Trinajstić information content (AvgIpc) is 2.64. The van der Waals surface area contributed by atoms with E-state index >= 15 is 0 Å². The Kier molecular flexibility index (Phi) is 6.87. The van der Waals surface area contributed by atoms with Gasteiger partial charge in [-0.05, 0) is 31.5 Å². The lowest BCUT2D eigenvalue weighted by Gasteiger charge is -2.11.